The number of hydrogen-bond acceptors (Lipinski definition) is 3. The van der Waals surface area contributed by atoms with Crippen LogP contribution in [-0.4, -0.2) is 22.1 Å². The topological polar surface area (TPSA) is 44.1 Å². The van der Waals surface area contributed by atoms with Crippen molar-refractivity contribution < 1.29 is 9.53 Å². The van der Waals surface area contributed by atoms with E-state index in [1.54, 1.807) is 23.9 Å². The second kappa shape index (κ2) is 6.19. The molecule has 0 aliphatic heterocycles. The van der Waals surface area contributed by atoms with Crippen LogP contribution in [0.3, 0.4) is 0 Å². The largest absolute Gasteiger partial charge is 0.461 e. The van der Waals surface area contributed by atoms with Crippen molar-refractivity contribution in [3.63, 3.8) is 0 Å². The lowest BCUT2D eigenvalue weighted by atomic mass is 10.0. The third kappa shape index (κ3) is 2.50. The molecule has 2 aromatic rings. The molecule has 1 heterocycles. The molecule has 20 heavy (non-hydrogen) atoms. The third-order valence-corrected chi connectivity index (χ3v) is 3.12. The fraction of sp³-hybridized carbons (Fsp3) is 0.250. The Labute approximate surface area is 118 Å². The predicted octanol–water partition coefficient (Wildman–Crippen LogP) is 3.25. The summed E-state index contributed by atoms with van der Waals surface area (Å²) in [4.78, 5) is 16.1. The van der Waals surface area contributed by atoms with Gasteiger partial charge in [0, 0.05) is 0 Å². The molecule has 0 saturated heterocycles. The number of para-hydroxylation sites is 1. The van der Waals surface area contributed by atoms with Crippen molar-refractivity contribution >= 4 is 12.0 Å². The van der Waals surface area contributed by atoms with E-state index in [1.807, 2.05) is 18.2 Å². The first-order chi connectivity index (χ1) is 9.72. The van der Waals surface area contributed by atoms with Gasteiger partial charge < -0.3 is 4.74 Å². The Kier molecular flexibility index (Phi) is 4.35. The minimum atomic E-state index is -0.370. The van der Waals surface area contributed by atoms with E-state index in [-0.39, 0.29) is 5.97 Å². The average Bonchev–Trinajstić information content (AvgIpc) is 2.95. The van der Waals surface area contributed by atoms with Crippen LogP contribution in [0.2, 0.25) is 0 Å². The maximum atomic E-state index is 12.0. The van der Waals surface area contributed by atoms with Crippen LogP contribution in [0.1, 0.15) is 35.5 Å². The SMILES string of the molecule is C=Cc1cccc(CC)c1-n1cncc1C(=O)OCC. The van der Waals surface area contributed by atoms with Gasteiger partial charge in [0.15, 0.2) is 5.69 Å². The first-order valence-corrected chi connectivity index (χ1v) is 6.67. The number of nitrogens with zero attached hydrogens (tertiary/aromatic N) is 2. The maximum absolute atomic E-state index is 12.0. The quantitative estimate of drug-likeness (QED) is 0.783. The Hall–Kier alpha value is -2.36. The number of rotatable bonds is 5. The van der Waals surface area contributed by atoms with Crippen molar-refractivity contribution in [2.24, 2.45) is 0 Å². The molecular weight excluding hydrogens is 252 g/mol. The first kappa shape index (κ1) is 14.1. The summed E-state index contributed by atoms with van der Waals surface area (Å²) in [5, 5.41) is 0. The first-order valence-electron chi connectivity index (χ1n) is 6.67. The maximum Gasteiger partial charge on any atom is 0.356 e. The second-order valence-corrected chi connectivity index (χ2v) is 4.28. The van der Waals surface area contributed by atoms with Gasteiger partial charge in [-0.25, -0.2) is 9.78 Å². The monoisotopic (exact) mass is 270 g/mol. The number of carbonyl (C=O) groups is 1. The van der Waals surface area contributed by atoms with Crippen LogP contribution in [0.4, 0.5) is 0 Å². The number of esters is 1. The summed E-state index contributed by atoms with van der Waals surface area (Å²) in [5.74, 6) is -0.370. The molecule has 4 heteroatoms. The molecule has 0 N–H and O–H groups in total. The van der Waals surface area contributed by atoms with E-state index in [0.29, 0.717) is 12.3 Å². The van der Waals surface area contributed by atoms with Gasteiger partial charge in [-0.05, 0) is 24.5 Å². The van der Waals surface area contributed by atoms with Crippen LogP contribution in [0.25, 0.3) is 11.8 Å². The van der Waals surface area contributed by atoms with E-state index < -0.39 is 0 Å². The zero-order valence-corrected chi connectivity index (χ0v) is 11.8. The summed E-state index contributed by atoms with van der Waals surface area (Å²) in [6.07, 6.45) is 5.80. The summed E-state index contributed by atoms with van der Waals surface area (Å²) < 4.78 is 6.84. The highest BCUT2D eigenvalue weighted by Gasteiger charge is 2.17. The van der Waals surface area contributed by atoms with Gasteiger partial charge in [0.2, 0.25) is 0 Å². The van der Waals surface area contributed by atoms with E-state index in [9.17, 15) is 4.79 Å². The molecule has 0 atom stereocenters. The number of imidazole rings is 1. The highest BCUT2D eigenvalue weighted by molar-refractivity contribution is 5.88. The normalized spacial score (nSPS) is 10.3. The van der Waals surface area contributed by atoms with Crippen LogP contribution < -0.4 is 0 Å². The summed E-state index contributed by atoms with van der Waals surface area (Å²) in [7, 11) is 0. The van der Waals surface area contributed by atoms with E-state index in [4.69, 9.17) is 4.74 Å². The Morgan fingerprint density at radius 1 is 1.45 bits per heavy atom. The van der Waals surface area contributed by atoms with Gasteiger partial charge in [0.05, 0.1) is 24.8 Å². The lowest BCUT2D eigenvalue weighted by molar-refractivity contribution is 0.0517. The number of benzene rings is 1. The van der Waals surface area contributed by atoms with Crippen LogP contribution in [0.15, 0.2) is 37.3 Å². The molecule has 0 fully saturated rings. The number of carbonyl (C=O) groups excluding carboxylic acids is 1. The third-order valence-electron chi connectivity index (χ3n) is 3.12. The van der Waals surface area contributed by atoms with Gasteiger partial charge in [-0.2, -0.15) is 0 Å². The molecule has 1 aromatic heterocycles. The van der Waals surface area contributed by atoms with Gasteiger partial charge in [-0.15, -0.1) is 0 Å². The van der Waals surface area contributed by atoms with Crippen LogP contribution in [-0.2, 0) is 11.2 Å². The summed E-state index contributed by atoms with van der Waals surface area (Å²) in [6, 6.07) is 5.99. The van der Waals surface area contributed by atoms with Crippen LogP contribution >= 0.6 is 0 Å². The van der Waals surface area contributed by atoms with E-state index in [1.165, 1.54) is 6.20 Å². The summed E-state index contributed by atoms with van der Waals surface area (Å²) >= 11 is 0. The molecule has 0 saturated carbocycles. The Balaban J connectivity index is 2.60. The smallest absolute Gasteiger partial charge is 0.356 e. The molecule has 0 aliphatic carbocycles. The van der Waals surface area contributed by atoms with E-state index in [2.05, 4.69) is 18.5 Å². The van der Waals surface area contributed by atoms with Gasteiger partial charge in [-0.3, -0.25) is 4.57 Å². The van der Waals surface area contributed by atoms with Crippen molar-refractivity contribution in [1.29, 1.82) is 0 Å². The van der Waals surface area contributed by atoms with Gasteiger partial charge >= 0.3 is 5.97 Å². The molecule has 0 amide bonds. The van der Waals surface area contributed by atoms with Gasteiger partial charge in [-0.1, -0.05) is 37.8 Å². The average molecular weight is 270 g/mol. The lowest BCUT2D eigenvalue weighted by Gasteiger charge is -2.14. The molecule has 4 nitrogen and oxygen atoms in total. The van der Waals surface area contributed by atoms with Crippen molar-refractivity contribution in [2.45, 2.75) is 20.3 Å². The zero-order chi connectivity index (χ0) is 14.5. The Bertz CT molecular complexity index is 629. The standard InChI is InChI=1S/C16H18N2O2/c1-4-12-8-7-9-13(5-2)15(12)18-11-17-10-14(18)16(19)20-6-3/h4,7-11H,1,5-6H2,2-3H3. The van der Waals surface area contributed by atoms with Crippen molar-refractivity contribution in [3.8, 4) is 5.69 Å². The van der Waals surface area contributed by atoms with Crippen LogP contribution in [0, 0.1) is 0 Å². The summed E-state index contributed by atoms with van der Waals surface area (Å²) in [5.41, 5.74) is 3.46. The molecular formula is C16H18N2O2. The van der Waals surface area contributed by atoms with Gasteiger partial charge in [0.1, 0.15) is 0 Å². The zero-order valence-electron chi connectivity index (χ0n) is 11.8. The minimum Gasteiger partial charge on any atom is -0.461 e. The van der Waals surface area contributed by atoms with Gasteiger partial charge in [0.25, 0.3) is 0 Å². The van der Waals surface area contributed by atoms with Crippen molar-refractivity contribution in [2.75, 3.05) is 6.61 Å². The molecule has 104 valence electrons. The Morgan fingerprint density at radius 2 is 2.25 bits per heavy atom. The molecule has 0 unspecified atom stereocenters. The number of hydrogen-bond donors (Lipinski definition) is 0. The van der Waals surface area contributed by atoms with Crippen molar-refractivity contribution in [1.82, 2.24) is 9.55 Å². The number of aryl methyl sites for hydroxylation is 1. The van der Waals surface area contributed by atoms with Crippen LogP contribution in [0.5, 0.6) is 0 Å². The summed E-state index contributed by atoms with van der Waals surface area (Å²) in [6.45, 7) is 8.04. The highest BCUT2D eigenvalue weighted by atomic mass is 16.5. The van der Waals surface area contributed by atoms with Crippen molar-refractivity contribution in [3.05, 3.63) is 54.1 Å². The highest BCUT2D eigenvalue weighted by Crippen LogP contribution is 2.23. The lowest BCUT2D eigenvalue weighted by Crippen LogP contribution is -2.12. The van der Waals surface area contributed by atoms with E-state index >= 15 is 0 Å². The molecule has 0 spiro atoms. The minimum absolute atomic E-state index is 0.341. The predicted molar refractivity (Wildman–Crippen MR) is 79.0 cm³/mol. The Morgan fingerprint density at radius 3 is 2.90 bits per heavy atom. The fourth-order valence-corrected chi connectivity index (χ4v) is 2.18. The van der Waals surface area contributed by atoms with E-state index in [0.717, 1.165) is 23.2 Å². The molecule has 2 rings (SSSR count). The molecule has 1 aromatic carbocycles. The second-order valence-electron chi connectivity index (χ2n) is 4.28. The molecule has 0 bridgehead atoms. The number of aromatic nitrogens is 2. The molecule has 0 radical (unpaired) electrons. The number of ether oxygens (including phenoxy) is 1. The fourth-order valence-electron chi connectivity index (χ4n) is 2.18. The molecule has 0 aliphatic rings.